The summed E-state index contributed by atoms with van der Waals surface area (Å²) in [6.45, 7) is 2.23. The van der Waals surface area contributed by atoms with Gasteiger partial charge in [-0.2, -0.15) is 0 Å². The summed E-state index contributed by atoms with van der Waals surface area (Å²) in [6.07, 6.45) is 0.978. The van der Waals surface area contributed by atoms with Gasteiger partial charge in [0.25, 0.3) is 5.69 Å². The van der Waals surface area contributed by atoms with Crippen molar-refractivity contribution in [3.05, 3.63) is 69.3 Å². The van der Waals surface area contributed by atoms with E-state index in [1.165, 1.54) is 23.3 Å². The highest BCUT2D eigenvalue weighted by molar-refractivity contribution is 5.39. The van der Waals surface area contributed by atoms with Crippen molar-refractivity contribution in [2.45, 2.75) is 19.5 Å². The van der Waals surface area contributed by atoms with Crippen molar-refractivity contribution in [2.75, 3.05) is 6.61 Å². The lowest BCUT2D eigenvalue weighted by molar-refractivity contribution is -0.384. The van der Waals surface area contributed by atoms with Crippen LogP contribution >= 0.6 is 0 Å². The van der Waals surface area contributed by atoms with Gasteiger partial charge in [0.2, 0.25) is 0 Å². The fourth-order valence-corrected chi connectivity index (χ4v) is 2.44. The van der Waals surface area contributed by atoms with Crippen molar-refractivity contribution in [3.63, 3.8) is 0 Å². The third-order valence-electron chi connectivity index (χ3n) is 3.56. The van der Waals surface area contributed by atoms with Gasteiger partial charge in [-0.05, 0) is 22.8 Å². The van der Waals surface area contributed by atoms with E-state index in [0.717, 1.165) is 30.9 Å². The Labute approximate surface area is 122 Å². The molecule has 0 unspecified atom stereocenters. The lowest BCUT2D eigenvalue weighted by atomic mass is 10.1. The van der Waals surface area contributed by atoms with E-state index in [0.29, 0.717) is 6.54 Å². The largest absolute Gasteiger partial charge is 0.493 e. The van der Waals surface area contributed by atoms with Crippen LogP contribution in [-0.2, 0) is 19.5 Å². The highest BCUT2D eigenvalue weighted by Crippen LogP contribution is 2.25. The van der Waals surface area contributed by atoms with E-state index in [9.17, 15) is 10.1 Å². The predicted molar refractivity (Wildman–Crippen MR) is 79.3 cm³/mol. The second-order valence-corrected chi connectivity index (χ2v) is 5.07. The Hall–Kier alpha value is -2.40. The molecular formula is C16H16N2O3. The standard InChI is InChI=1S/C16H16N2O3/c19-18(20)15-4-1-12(2-5-15)10-17-11-13-3-6-16-14(9-13)7-8-21-16/h1-6,9,17H,7-8,10-11H2. The number of hydrogen-bond donors (Lipinski definition) is 1. The van der Waals surface area contributed by atoms with Crippen molar-refractivity contribution in [2.24, 2.45) is 0 Å². The van der Waals surface area contributed by atoms with Gasteiger partial charge in [0.05, 0.1) is 11.5 Å². The topological polar surface area (TPSA) is 64.4 Å². The summed E-state index contributed by atoms with van der Waals surface area (Å²) in [4.78, 5) is 10.2. The van der Waals surface area contributed by atoms with Crippen LogP contribution in [-0.4, -0.2) is 11.5 Å². The second-order valence-electron chi connectivity index (χ2n) is 5.07. The molecule has 1 aliphatic heterocycles. The molecule has 0 aromatic heterocycles. The van der Waals surface area contributed by atoms with Gasteiger partial charge in [0.15, 0.2) is 0 Å². The molecule has 2 aromatic rings. The summed E-state index contributed by atoms with van der Waals surface area (Å²) in [7, 11) is 0. The zero-order chi connectivity index (χ0) is 14.7. The fourth-order valence-electron chi connectivity index (χ4n) is 2.44. The van der Waals surface area contributed by atoms with Gasteiger partial charge in [-0.15, -0.1) is 0 Å². The molecule has 0 saturated carbocycles. The zero-order valence-electron chi connectivity index (χ0n) is 11.5. The van der Waals surface area contributed by atoms with Gasteiger partial charge in [0.1, 0.15) is 5.75 Å². The Morgan fingerprint density at radius 3 is 2.57 bits per heavy atom. The third-order valence-corrected chi connectivity index (χ3v) is 3.56. The van der Waals surface area contributed by atoms with Gasteiger partial charge in [-0.3, -0.25) is 10.1 Å². The number of non-ortho nitro benzene ring substituents is 1. The van der Waals surface area contributed by atoms with E-state index in [-0.39, 0.29) is 10.6 Å². The first kappa shape index (κ1) is 13.6. The van der Waals surface area contributed by atoms with E-state index in [1.807, 2.05) is 6.07 Å². The van der Waals surface area contributed by atoms with Gasteiger partial charge < -0.3 is 10.1 Å². The van der Waals surface area contributed by atoms with Crippen molar-refractivity contribution in [3.8, 4) is 5.75 Å². The molecule has 0 fully saturated rings. The highest BCUT2D eigenvalue weighted by atomic mass is 16.6. The maximum absolute atomic E-state index is 10.6. The Morgan fingerprint density at radius 2 is 1.81 bits per heavy atom. The lowest BCUT2D eigenvalue weighted by Crippen LogP contribution is -2.12. The fraction of sp³-hybridized carbons (Fsp3) is 0.250. The molecule has 5 nitrogen and oxygen atoms in total. The number of nitro groups is 1. The minimum absolute atomic E-state index is 0.123. The molecular weight excluding hydrogens is 268 g/mol. The summed E-state index contributed by atoms with van der Waals surface area (Å²) in [5.74, 6) is 0.995. The molecule has 21 heavy (non-hydrogen) atoms. The number of nitro benzene ring substituents is 1. The molecule has 5 heteroatoms. The molecule has 1 aliphatic rings. The van der Waals surface area contributed by atoms with Crippen LogP contribution in [0.15, 0.2) is 42.5 Å². The second kappa shape index (κ2) is 5.93. The summed E-state index contributed by atoms with van der Waals surface area (Å²) < 4.78 is 5.48. The maximum atomic E-state index is 10.6. The number of fused-ring (bicyclic) bond motifs is 1. The van der Waals surface area contributed by atoms with Crippen LogP contribution in [0.2, 0.25) is 0 Å². The van der Waals surface area contributed by atoms with Gasteiger partial charge in [-0.25, -0.2) is 0 Å². The summed E-state index contributed by atoms with van der Waals surface area (Å²) in [6, 6.07) is 12.9. The van der Waals surface area contributed by atoms with Gasteiger partial charge >= 0.3 is 0 Å². The molecule has 0 atom stereocenters. The molecule has 2 aromatic carbocycles. The molecule has 1 heterocycles. The maximum Gasteiger partial charge on any atom is 0.269 e. The van der Waals surface area contributed by atoms with Crippen LogP contribution in [0.25, 0.3) is 0 Å². The van der Waals surface area contributed by atoms with E-state index in [4.69, 9.17) is 4.74 Å². The van der Waals surface area contributed by atoms with Crippen LogP contribution < -0.4 is 10.1 Å². The quantitative estimate of drug-likeness (QED) is 0.677. The summed E-state index contributed by atoms with van der Waals surface area (Å²) >= 11 is 0. The Kier molecular flexibility index (Phi) is 3.83. The van der Waals surface area contributed by atoms with Crippen molar-refractivity contribution in [1.82, 2.24) is 5.32 Å². The van der Waals surface area contributed by atoms with Crippen molar-refractivity contribution in [1.29, 1.82) is 0 Å². The average molecular weight is 284 g/mol. The first-order valence-electron chi connectivity index (χ1n) is 6.91. The van der Waals surface area contributed by atoms with Gasteiger partial charge in [0, 0.05) is 31.6 Å². The smallest absolute Gasteiger partial charge is 0.269 e. The monoisotopic (exact) mass is 284 g/mol. The SMILES string of the molecule is O=[N+]([O-])c1ccc(CNCc2ccc3c(c2)CCO3)cc1. The molecule has 0 saturated heterocycles. The van der Waals surface area contributed by atoms with Crippen LogP contribution in [0.4, 0.5) is 5.69 Å². The number of nitrogens with zero attached hydrogens (tertiary/aromatic N) is 1. The van der Waals surface area contributed by atoms with Crippen LogP contribution in [0.1, 0.15) is 16.7 Å². The predicted octanol–water partition coefficient (Wildman–Crippen LogP) is 2.82. The first-order valence-corrected chi connectivity index (χ1v) is 6.91. The number of ether oxygens (including phenoxy) is 1. The van der Waals surface area contributed by atoms with Crippen LogP contribution in [0.5, 0.6) is 5.75 Å². The molecule has 0 amide bonds. The number of hydrogen-bond acceptors (Lipinski definition) is 4. The Morgan fingerprint density at radius 1 is 1.10 bits per heavy atom. The minimum atomic E-state index is -0.385. The zero-order valence-corrected chi connectivity index (χ0v) is 11.5. The van der Waals surface area contributed by atoms with Crippen LogP contribution in [0, 0.1) is 10.1 Å². The molecule has 0 radical (unpaired) electrons. The molecule has 1 N–H and O–H groups in total. The van der Waals surface area contributed by atoms with Crippen molar-refractivity contribution >= 4 is 5.69 Å². The third kappa shape index (κ3) is 3.20. The Balaban J connectivity index is 1.55. The van der Waals surface area contributed by atoms with Gasteiger partial charge in [-0.1, -0.05) is 24.3 Å². The van der Waals surface area contributed by atoms with Crippen molar-refractivity contribution < 1.29 is 9.66 Å². The number of benzene rings is 2. The van der Waals surface area contributed by atoms with Crippen LogP contribution in [0.3, 0.4) is 0 Å². The summed E-state index contributed by atoms with van der Waals surface area (Å²) in [5.41, 5.74) is 3.65. The number of rotatable bonds is 5. The minimum Gasteiger partial charge on any atom is -0.493 e. The van der Waals surface area contributed by atoms with E-state index >= 15 is 0 Å². The number of nitrogens with one attached hydrogen (secondary N) is 1. The normalized spacial score (nSPS) is 12.8. The molecule has 0 aliphatic carbocycles. The highest BCUT2D eigenvalue weighted by Gasteiger charge is 2.11. The van der Waals surface area contributed by atoms with E-state index in [2.05, 4.69) is 17.4 Å². The first-order chi connectivity index (χ1) is 10.2. The average Bonchev–Trinajstić information content (AvgIpc) is 2.95. The molecule has 3 rings (SSSR count). The van der Waals surface area contributed by atoms with E-state index in [1.54, 1.807) is 12.1 Å². The Bertz CT molecular complexity index is 653. The summed E-state index contributed by atoms with van der Waals surface area (Å²) in [5, 5.41) is 13.9. The molecule has 0 spiro atoms. The molecule has 0 bridgehead atoms. The van der Waals surface area contributed by atoms with E-state index < -0.39 is 0 Å². The lowest BCUT2D eigenvalue weighted by Gasteiger charge is -2.07. The molecule has 108 valence electrons.